The molecule has 132 valence electrons. The minimum atomic E-state index is -3.79. The summed E-state index contributed by atoms with van der Waals surface area (Å²) in [5.41, 5.74) is 6.27. The lowest BCUT2D eigenvalue weighted by Crippen LogP contribution is -2.30. The first-order valence-corrected chi connectivity index (χ1v) is 8.87. The Labute approximate surface area is 145 Å². The highest BCUT2D eigenvalue weighted by Gasteiger charge is 2.18. The molecule has 2 aromatic rings. The number of hydrogen-bond acceptors (Lipinski definition) is 5. The Hall–Kier alpha value is -2.87. The molecule has 7 nitrogen and oxygen atoms in total. The Kier molecular flexibility index (Phi) is 5.43. The zero-order chi connectivity index (χ0) is 18.6. The van der Waals surface area contributed by atoms with E-state index in [1.165, 1.54) is 43.3 Å². The van der Waals surface area contributed by atoms with Crippen LogP contribution in [0.3, 0.4) is 0 Å². The lowest BCUT2D eigenvalue weighted by Gasteiger charge is -2.11. The van der Waals surface area contributed by atoms with Crippen molar-refractivity contribution in [3.8, 4) is 0 Å². The molecule has 0 saturated heterocycles. The standard InChI is InChI=1S/C17H18N2O5S/c1-11-6-8-15(9-7-11)25(22,23)19-14-5-3-4-13(10-14)17(21)24-12(2)16(18)20/h3-10,12,19H,1-2H3,(H2,18,20)/t12-/m1/s1. The number of amides is 1. The zero-order valence-corrected chi connectivity index (χ0v) is 14.5. The van der Waals surface area contributed by atoms with Gasteiger partial charge in [0.15, 0.2) is 6.10 Å². The molecule has 0 aliphatic carbocycles. The van der Waals surface area contributed by atoms with Crippen molar-refractivity contribution in [2.45, 2.75) is 24.8 Å². The summed E-state index contributed by atoms with van der Waals surface area (Å²) in [5.74, 6) is -1.55. The molecule has 0 aliphatic rings. The van der Waals surface area contributed by atoms with Crippen LogP contribution in [-0.4, -0.2) is 26.4 Å². The molecule has 0 saturated carbocycles. The van der Waals surface area contributed by atoms with Crippen molar-refractivity contribution in [2.24, 2.45) is 5.73 Å². The smallest absolute Gasteiger partial charge is 0.338 e. The predicted molar refractivity (Wildman–Crippen MR) is 92.5 cm³/mol. The number of aryl methyl sites for hydroxylation is 1. The number of anilines is 1. The van der Waals surface area contributed by atoms with E-state index in [2.05, 4.69) is 4.72 Å². The summed E-state index contributed by atoms with van der Waals surface area (Å²) in [4.78, 5) is 23.0. The molecule has 0 aromatic heterocycles. The van der Waals surface area contributed by atoms with Crippen molar-refractivity contribution in [1.82, 2.24) is 0 Å². The van der Waals surface area contributed by atoms with E-state index in [1.54, 1.807) is 12.1 Å². The fourth-order valence-corrected chi connectivity index (χ4v) is 2.98. The van der Waals surface area contributed by atoms with E-state index in [-0.39, 0.29) is 16.1 Å². The van der Waals surface area contributed by atoms with Gasteiger partial charge in [-0.15, -0.1) is 0 Å². The quantitative estimate of drug-likeness (QED) is 0.761. The number of esters is 1. The number of carbonyl (C=O) groups excluding carboxylic acids is 2. The van der Waals surface area contributed by atoms with E-state index in [4.69, 9.17) is 10.5 Å². The minimum absolute atomic E-state index is 0.0946. The molecule has 2 aromatic carbocycles. The summed E-state index contributed by atoms with van der Waals surface area (Å²) in [6, 6.07) is 12.1. The summed E-state index contributed by atoms with van der Waals surface area (Å²) in [5, 5.41) is 0. The van der Waals surface area contributed by atoms with Crippen molar-refractivity contribution in [3.63, 3.8) is 0 Å². The van der Waals surface area contributed by atoms with Gasteiger partial charge in [0.05, 0.1) is 10.5 Å². The van der Waals surface area contributed by atoms with Gasteiger partial charge in [-0.05, 0) is 44.2 Å². The van der Waals surface area contributed by atoms with Gasteiger partial charge in [0.25, 0.3) is 15.9 Å². The normalized spacial score (nSPS) is 12.2. The third kappa shape index (κ3) is 4.80. The van der Waals surface area contributed by atoms with Gasteiger partial charge in [-0.1, -0.05) is 23.8 Å². The molecule has 0 bridgehead atoms. The van der Waals surface area contributed by atoms with Gasteiger partial charge in [0.2, 0.25) is 0 Å². The van der Waals surface area contributed by atoms with E-state index in [0.717, 1.165) is 5.56 Å². The van der Waals surface area contributed by atoms with E-state index < -0.39 is 28.0 Å². The van der Waals surface area contributed by atoms with Gasteiger partial charge >= 0.3 is 5.97 Å². The maximum atomic E-state index is 12.4. The molecule has 25 heavy (non-hydrogen) atoms. The summed E-state index contributed by atoms with van der Waals surface area (Å²) in [6.45, 7) is 3.20. The van der Waals surface area contributed by atoms with Crippen LogP contribution in [0.15, 0.2) is 53.4 Å². The Morgan fingerprint density at radius 1 is 1.12 bits per heavy atom. The van der Waals surface area contributed by atoms with Crippen molar-refractivity contribution >= 4 is 27.6 Å². The number of nitrogens with two attached hydrogens (primary N) is 1. The van der Waals surface area contributed by atoms with Gasteiger partial charge in [0.1, 0.15) is 0 Å². The summed E-state index contributed by atoms with van der Waals surface area (Å²) < 4.78 is 32.0. The highest BCUT2D eigenvalue weighted by atomic mass is 32.2. The van der Waals surface area contributed by atoms with E-state index in [9.17, 15) is 18.0 Å². The molecule has 0 spiro atoms. The summed E-state index contributed by atoms with van der Waals surface area (Å²) in [6.07, 6.45) is -1.08. The van der Waals surface area contributed by atoms with Crippen LogP contribution in [-0.2, 0) is 19.6 Å². The van der Waals surface area contributed by atoms with Crippen LogP contribution in [0.4, 0.5) is 5.69 Å². The third-order valence-electron chi connectivity index (χ3n) is 3.37. The summed E-state index contributed by atoms with van der Waals surface area (Å²) in [7, 11) is -3.79. The van der Waals surface area contributed by atoms with Crippen LogP contribution in [0.25, 0.3) is 0 Å². The van der Waals surface area contributed by atoms with Crippen LogP contribution < -0.4 is 10.5 Å². The molecule has 8 heteroatoms. The number of nitrogens with one attached hydrogen (secondary N) is 1. The number of benzene rings is 2. The largest absolute Gasteiger partial charge is 0.449 e. The van der Waals surface area contributed by atoms with E-state index >= 15 is 0 Å². The molecule has 0 radical (unpaired) electrons. The van der Waals surface area contributed by atoms with E-state index in [1.807, 2.05) is 6.92 Å². The molecular formula is C17H18N2O5S. The Bertz CT molecular complexity index is 892. The second-order valence-electron chi connectivity index (χ2n) is 5.45. The minimum Gasteiger partial charge on any atom is -0.449 e. The fraction of sp³-hybridized carbons (Fsp3) is 0.176. The highest BCUT2D eigenvalue weighted by Crippen LogP contribution is 2.18. The number of rotatable bonds is 6. The monoisotopic (exact) mass is 362 g/mol. The SMILES string of the molecule is Cc1ccc(S(=O)(=O)Nc2cccc(C(=O)O[C@H](C)C(N)=O)c2)cc1. The number of hydrogen-bond donors (Lipinski definition) is 2. The lowest BCUT2D eigenvalue weighted by molar-refractivity contribution is -0.125. The average Bonchev–Trinajstić information content (AvgIpc) is 2.54. The van der Waals surface area contributed by atoms with Gasteiger partial charge in [-0.2, -0.15) is 0 Å². The molecular weight excluding hydrogens is 344 g/mol. The van der Waals surface area contributed by atoms with Gasteiger partial charge < -0.3 is 10.5 Å². The zero-order valence-electron chi connectivity index (χ0n) is 13.7. The predicted octanol–water partition coefficient (Wildman–Crippen LogP) is 1.83. The molecule has 0 aliphatic heterocycles. The Balaban J connectivity index is 2.20. The molecule has 3 N–H and O–H groups in total. The van der Waals surface area contributed by atoms with Crippen molar-refractivity contribution in [3.05, 3.63) is 59.7 Å². The van der Waals surface area contributed by atoms with Crippen molar-refractivity contribution < 1.29 is 22.7 Å². The lowest BCUT2D eigenvalue weighted by atomic mass is 10.2. The van der Waals surface area contributed by atoms with Crippen LogP contribution >= 0.6 is 0 Å². The Morgan fingerprint density at radius 3 is 2.36 bits per heavy atom. The topological polar surface area (TPSA) is 116 Å². The third-order valence-corrected chi connectivity index (χ3v) is 4.76. The maximum absolute atomic E-state index is 12.4. The number of primary amides is 1. The van der Waals surface area contributed by atoms with Crippen molar-refractivity contribution in [1.29, 1.82) is 0 Å². The van der Waals surface area contributed by atoms with Crippen LogP contribution in [0.1, 0.15) is 22.8 Å². The summed E-state index contributed by atoms with van der Waals surface area (Å²) >= 11 is 0. The Morgan fingerprint density at radius 2 is 1.76 bits per heavy atom. The molecule has 0 fully saturated rings. The molecule has 0 heterocycles. The van der Waals surface area contributed by atoms with E-state index in [0.29, 0.717) is 0 Å². The first-order valence-electron chi connectivity index (χ1n) is 7.39. The second kappa shape index (κ2) is 7.35. The molecule has 2 rings (SSSR count). The molecule has 0 unspecified atom stereocenters. The first kappa shape index (κ1) is 18.5. The maximum Gasteiger partial charge on any atom is 0.338 e. The number of carbonyl (C=O) groups is 2. The van der Waals surface area contributed by atoms with Gasteiger partial charge in [0, 0.05) is 5.69 Å². The van der Waals surface area contributed by atoms with Crippen LogP contribution in [0, 0.1) is 6.92 Å². The number of ether oxygens (including phenoxy) is 1. The highest BCUT2D eigenvalue weighted by molar-refractivity contribution is 7.92. The van der Waals surface area contributed by atoms with Crippen LogP contribution in [0.2, 0.25) is 0 Å². The molecule has 1 atom stereocenters. The van der Waals surface area contributed by atoms with Gasteiger partial charge in [-0.25, -0.2) is 13.2 Å². The van der Waals surface area contributed by atoms with Gasteiger partial charge in [-0.3, -0.25) is 9.52 Å². The first-order chi connectivity index (χ1) is 11.7. The number of sulfonamides is 1. The van der Waals surface area contributed by atoms with Crippen molar-refractivity contribution in [2.75, 3.05) is 4.72 Å². The second-order valence-corrected chi connectivity index (χ2v) is 7.13. The molecule has 1 amide bonds. The fourth-order valence-electron chi connectivity index (χ4n) is 1.93. The average molecular weight is 362 g/mol. The van der Waals surface area contributed by atoms with Crippen LogP contribution in [0.5, 0.6) is 0 Å².